The van der Waals surface area contributed by atoms with E-state index in [2.05, 4.69) is 0 Å². The van der Waals surface area contributed by atoms with E-state index in [1.807, 2.05) is 0 Å². The highest BCUT2D eigenvalue weighted by Crippen LogP contribution is 2.33. The molecule has 0 aliphatic heterocycles. The highest BCUT2D eigenvalue weighted by molar-refractivity contribution is 7.91. The van der Waals surface area contributed by atoms with Crippen LogP contribution in [0.5, 0.6) is 0 Å². The van der Waals surface area contributed by atoms with Gasteiger partial charge in [-0.1, -0.05) is 11.6 Å². The summed E-state index contributed by atoms with van der Waals surface area (Å²) in [6.45, 7) is 0.247. The number of anilines is 1. The molecule has 0 aliphatic rings. The van der Waals surface area contributed by atoms with Crippen molar-refractivity contribution in [2.45, 2.75) is 33.4 Å². The molecule has 2 atom stereocenters. The molecule has 0 saturated carbocycles. The molecule has 0 spiro atoms. The highest BCUT2D eigenvalue weighted by Gasteiger charge is 2.55. The first-order valence-corrected chi connectivity index (χ1v) is 11.3. The van der Waals surface area contributed by atoms with E-state index in [9.17, 15) is 40.4 Å². The minimum absolute atomic E-state index is 0.193. The van der Waals surface area contributed by atoms with Crippen LogP contribution in [0.3, 0.4) is 0 Å². The smallest absolute Gasteiger partial charge is 0.426 e. The first-order valence-electron chi connectivity index (χ1n) is 7.87. The van der Waals surface area contributed by atoms with Crippen molar-refractivity contribution in [2.24, 2.45) is 0 Å². The molecule has 1 amide bonds. The number of carbonyl (C=O) groups excluding carboxylic acids is 1. The Labute approximate surface area is 177 Å². The zero-order valence-electron chi connectivity index (χ0n) is 15.3. The second-order valence-electron chi connectivity index (χ2n) is 6.22. The van der Waals surface area contributed by atoms with Crippen molar-refractivity contribution in [3.63, 3.8) is 0 Å². The molecule has 6 nitrogen and oxygen atoms in total. The fourth-order valence-corrected chi connectivity index (χ4v) is 4.34. The van der Waals surface area contributed by atoms with Crippen molar-refractivity contribution in [2.75, 3.05) is 11.6 Å². The Balaban J connectivity index is 2.37. The lowest BCUT2D eigenvalue weighted by atomic mass is 10.1. The Kier molecular flexibility index (Phi) is 6.79. The lowest BCUT2D eigenvalue weighted by molar-refractivity contribution is -0.242. The normalized spacial score (nSPS) is 15.4. The SMILES string of the molecule is C[S+]([O-])c1ccc(S(=O)(=O)c2ccc(NC(=O)C(C)(O)C(F)(F)F)c(Cl)c2)cc1F. The molecule has 0 saturated heterocycles. The van der Waals surface area contributed by atoms with Gasteiger partial charge in [-0.25, -0.2) is 12.8 Å². The Hall–Kier alpha value is -1.86. The summed E-state index contributed by atoms with van der Waals surface area (Å²) < 4.78 is 88.9. The van der Waals surface area contributed by atoms with Crippen LogP contribution in [-0.4, -0.2) is 42.0 Å². The predicted octanol–water partition coefficient (Wildman–Crippen LogP) is 3.30. The zero-order chi connectivity index (χ0) is 23.1. The quantitative estimate of drug-likeness (QED) is 0.497. The number of aliphatic hydroxyl groups is 1. The number of hydrogen-bond donors (Lipinski definition) is 2. The van der Waals surface area contributed by atoms with Gasteiger partial charge in [0.1, 0.15) is 6.26 Å². The van der Waals surface area contributed by atoms with E-state index in [1.165, 1.54) is 6.26 Å². The van der Waals surface area contributed by atoms with Crippen LogP contribution in [0.15, 0.2) is 51.1 Å². The van der Waals surface area contributed by atoms with Crippen LogP contribution in [0.25, 0.3) is 0 Å². The summed E-state index contributed by atoms with van der Waals surface area (Å²) in [6.07, 6.45) is -4.04. The maximum Gasteiger partial charge on any atom is 0.426 e. The molecule has 2 aromatic carbocycles. The molecular formula is C17H14ClF4NO5S2. The first kappa shape index (κ1) is 24.4. The zero-order valence-corrected chi connectivity index (χ0v) is 17.6. The summed E-state index contributed by atoms with van der Waals surface area (Å²) in [5, 5.41) is 10.7. The monoisotopic (exact) mass is 487 g/mol. The van der Waals surface area contributed by atoms with Gasteiger partial charge in [-0.3, -0.25) is 4.79 Å². The topological polar surface area (TPSA) is 107 Å². The number of sulfone groups is 1. The maximum atomic E-state index is 14.0. The van der Waals surface area contributed by atoms with E-state index < -0.39 is 59.3 Å². The summed E-state index contributed by atoms with van der Waals surface area (Å²) >= 11 is 4.19. The molecule has 2 N–H and O–H groups in total. The summed E-state index contributed by atoms with van der Waals surface area (Å²) in [6, 6.07) is 5.47. The summed E-state index contributed by atoms with van der Waals surface area (Å²) in [4.78, 5) is 10.6. The van der Waals surface area contributed by atoms with E-state index in [-0.39, 0.29) is 17.5 Å². The third-order valence-corrected chi connectivity index (χ3v) is 7.03. The largest absolute Gasteiger partial charge is 0.612 e. The van der Waals surface area contributed by atoms with Crippen molar-refractivity contribution in [3.05, 3.63) is 47.2 Å². The molecule has 30 heavy (non-hydrogen) atoms. The van der Waals surface area contributed by atoms with Crippen LogP contribution < -0.4 is 5.32 Å². The maximum absolute atomic E-state index is 14.0. The van der Waals surface area contributed by atoms with E-state index in [1.54, 1.807) is 5.32 Å². The standard InChI is InChI=1S/C17H14ClF4NO5S2/c1-16(25,17(20,21)22)15(24)23-13-5-3-9(7-11(13)18)30(27,28)10-4-6-14(29(2)26)12(19)8-10/h3-8,25H,1-2H3,(H,23,24). The molecule has 0 radical (unpaired) electrons. The lowest BCUT2D eigenvalue weighted by Gasteiger charge is -2.25. The Morgan fingerprint density at radius 1 is 1.17 bits per heavy atom. The van der Waals surface area contributed by atoms with E-state index in [4.69, 9.17) is 11.6 Å². The predicted molar refractivity (Wildman–Crippen MR) is 101 cm³/mol. The molecule has 0 aliphatic carbocycles. The van der Waals surface area contributed by atoms with Crippen LogP contribution in [0.2, 0.25) is 5.02 Å². The second-order valence-corrected chi connectivity index (χ2v) is 9.92. The third kappa shape index (κ3) is 4.72. The minimum Gasteiger partial charge on any atom is -0.612 e. The Bertz CT molecular complexity index is 1090. The van der Waals surface area contributed by atoms with Crippen molar-refractivity contribution < 1.29 is 40.4 Å². The minimum atomic E-state index is -5.26. The Morgan fingerprint density at radius 3 is 2.17 bits per heavy atom. The van der Waals surface area contributed by atoms with Gasteiger partial charge in [0.15, 0.2) is 10.7 Å². The summed E-state index contributed by atoms with van der Waals surface area (Å²) in [7, 11) is -4.29. The van der Waals surface area contributed by atoms with Crippen molar-refractivity contribution in [1.82, 2.24) is 0 Å². The molecule has 0 aromatic heterocycles. The number of amides is 1. The van der Waals surface area contributed by atoms with Crippen molar-refractivity contribution >= 4 is 44.2 Å². The average Bonchev–Trinajstić information content (AvgIpc) is 2.61. The average molecular weight is 488 g/mol. The molecule has 2 unspecified atom stereocenters. The van der Waals surface area contributed by atoms with Crippen LogP contribution in [0.1, 0.15) is 6.92 Å². The Morgan fingerprint density at radius 2 is 1.70 bits per heavy atom. The van der Waals surface area contributed by atoms with Gasteiger partial charge in [0.2, 0.25) is 15.4 Å². The van der Waals surface area contributed by atoms with Crippen LogP contribution in [0, 0.1) is 5.82 Å². The van der Waals surface area contributed by atoms with E-state index in [0.29, 0.717) is 6.07 Å². The molecule has 0 bridgehead atoms. The number of hydrogen-bond acceptors (Lipinski definition) is 5. The second kappa shape index (κ2) is 8.35. The van der Waals surface area contributed by atoms with Crippen LogP contribution in [0.4, 0.5) is 23.2 Å². The molecular weight excluding hydrogens is 474 g/mol. The summed E-state index contributed by atoms with van der Waals surface area (Å²) in [5.74, 6) is -2.82. The lowest BCUT2D eigenvalue weighted by Crippen LogP contribution is -2.52. The number of alkyl halides is 3. The van der Waals surface area contributed by atoms with Gasteiger partial charge in [-0.15, -0.1) is 0 Å². The molecule has 2 aromatic rings. The van der Waals surface area contributed by atoms with Gasteiger partial charge < -0.3 is 15.0 Å². The van der Waals surface area contributed by atoms with Gasteiger partial charge in [0.25, 0.3) is 5.91 Å². The number of benzene rings is 2. The molecule has 2 rings (SSSR count). The fraction of sp³-hybridized carbons (Fsp3) is 0.235. The number of carbonyl (C=O) groups is 1. The van der Waals surface area contributed by atoms with Crippen LogP contribution in [-0.2, 0) is 25.8 Å². The number of nitrogens with one attached hydrogen (secondary N) is 1. The number of halogens is 5. The van der Waals surface area contributed by atoms with Gasteiger partial charge in [-0.05, 0) is 54.5 Å². The van der Waals surface area contributed by atoms with Crippen molar-refractivity contribution in [3.8, 4) is 0 Å². The van der Waals surface area contributed by atoms with Gasteiger partial charge >= 0.3 is 6.18 Å². The van der Waals surface area contributed by atoms with Gasteiger partial charge in [-0.2, -0.15) is 13.2 Å². The third-order valence-electron chi connectivity index (χ3n) is 4.02. The highest BCUT2D eigenvalue weighted by atomic mass is 35.5. The first-order chi connectivity index (χ1) is 13.6. The van der Waals surface area contributed by atoms with E-state index in [0.717, 1.165) is 30.3 Å². The molecule has 13 heteroatoms. The van der Waals surface area contributed by atoms with Crippen LogP contribution >= 0.6 is 11.6 Å². The molecule has 164 valence electrons. The molecule has 0 heterocycles. The van der Waals surface area contributed by atoms with Crippen molar-refractivity contribution in [1.29, 1.82) is 0 Å². The molecule has 0 fully saturated rings. The summed E-state index contributed by atoms with van der Waals surface area (Å²) in [5.41, 5.74) is -4.09. The number of rotatable bonds is 5. The fourth-order valence-electron chi connectivity index (χ4n) is 2.16. The van der Waals surface area contributed by atoms with Gasteiger partial charge in [0.05, 0.1) is 20.5 Å². The van der Waals surface area contributed by atoms with E-state index >= 15 is 0 Å². The van der Waals surface area contributed by atoms with Gasteiger partial charge in [0, 0.05) is 0 Å².